The number of non-ortho nitro benzene ring substituents is 1. The summed E-state index contributed by atoms with van der Waals surface area (Å²) in [4.78, 5) is 28.5. The molecule has 0 N–H and O–H groups in total. The van der Waals surface area contributed by atoms with Gasteiger partial charge in [-0.2, -0.15) is 5.10 Å². The van der Waals surface area contributed by atoms with E-state index in [0.29, 0.717) is 27.9 Å². The number of aromatic nitrogens is 4. The zero-order valence-corrected chi connectivity index (χ0v) is 17.4. The number of aryl methyl sites for hydroxylation is 2. The molecule has 0 bridgehead atoms. The molecule has 1 aliphatic rings. The van der Waals surface area contributed by atoms with Crippen LogP contribution in [0.25, 0.3) is 16.7 Å². The number of nitrogens with zero attached hydrogens (tertiary/aromatic N) is 5. The van der Waals surface area contributed by atoms with Gasteiger partial charge in [-0.3, -0.25) is 19.5 Å². The van der Waals surface area contributed by atoms with Crippen molar-refractivity contribution in [3.8, 4) is 11.4 Å². The van der Waals surface area contributed by atoms with Crippen LogP contribution in [-0.4, -0.2) is 31.0 Å². The standard InChI is InChI=1S/C22H19N5O5/c1-13-3-14(2)5-17(4-13)26-21-19(8-24-26)22(28)25(11-23-21)9-15-6-18(27(29)30)7-16-10-31-12-32-20(15)16/h3-8,11H,9-10,12H2,1-2H3. The molecule has 0 radical (unpaired) electrons. The molecule has 10 nitrogen and oxygen atoms in total. The van der Waals surface area contributed by atoms with Gasteiger partial charge < -0.3 is 9.47 Å². The van der Waals surface area contributed by atoms with Crippen molar-refractivity contribution in [1.29, 1.82) is 0 Å². The van der Waals surface area contributed by atoms with Gasteiger partial charge in [0, 0.05) is 23.3 Å². The van der Waals surface area contributed by atoms with Gasteiger partial charge in [0.15, 0.2) is 12.4 Å². The van der Waals surface area contributed by atoms with E-state index in [1.54, 1.807) is 4.68 Å². The SMILES string of the molecule is Cc1cc(C)cc(-n2ncc3c(=O)n(Cc4cc([N+](=O)[O-])cc5c4OCOC5)cnc32)c1. The minimum atomic E-state index is -0.476. The van der Waals surface area contributed by atoms with E-state index in [1.807, 2.05) is 26.0 Å². The van der Waals surface area contributed by atoms with E-state index in [4.69, 9.17) is 9.47 Å². The molecular weight excluding hydrogens is 414 g/mol. The molecule has 0 atom stereocenters. The fraction of sp³-hybridized carbons (Fsp3) is 0.227. The first kappa shape index (κ1) is 19.9. The summed E-state index contributed by atoms with van der Waals surface area (Å²) in [5.74, 6) is 0.500. The average Bonchev–Trinajstić information content (AvgIpc) is 3.20. The summed E-state index contributed by atoms with van der Waals surface area (Å²) in [6.45, 7) is 4.32. The zero-order valence-electron chi connectivity index (χ0n) is 17.4. The van der Waals surface area contributed by atoms with E-state index < -0.39 is 4.92 Å². The van der Waals surface area contributed by atoms with Crippen LogP contribution in [-0.2, 0) is 17.9 Å². The number of rotatable bonds is 4. The molecule has 0 unspecified atom stereocenters. The quantitative estimate of drug-likeness (QED) is 0.359. The number of fused-ring (bicyclic) bond motifs is 2. The molecule has 0 saturated heterocycles. The lowest BCUT2D eigenvalue weighted by atomic mass is 10.1. The van der Waals surface area contributed by atoms with Gasteiger partial charge in [0.05, 0.1) is 30.0 Å². The van der Waals surface area contributed by atoms with Crippen molar-refractivity contribution in [2.24, 2.45) is 0 Å². The van der Waals surface area contributed by atoms with Crippen molar-refractivity contribution < 1.29 is 14.4 Å². The highest BCUT2D eigenvalue weighted by Gasteiger charge is 2.22. The number of hydrogen-bond donors (Lipinski definition) is 0. The molecule has 0 fully saturated rings. The van der Waals surface area contributed by atoms with Crippen LogP contribution in [0.2, 0.25) is 0 Å². The van der Waals surface area contributed by atoms with Crippen molar-refractivity contribution in [3.63, 3.8) is 0 Å². The molecule has 2 aromatic carbocycles. The molecule has 32 heavy (non-hydrogen) atoms. The van der Waals surface area contributed by atoms with Gasteiger partial charge in [-0.15, -0.1) is 0 Å². The largest absolute Gasteiger partial charge is 0.467 e. The fourth-order valence-corrected chi connectivity index (χ4v) is 4.01. The van der Waals surface area contributed by atoms with Crippen molar-refractivity contribution in [1.82, 2.24) is 19.3 Å². The maximum atomic E-state index is 13.2. The molecule has 10 heteroatoms. The maximum absolute atomic E-state index is 13.2. The van der Waals surface area contributed by atoms with E-state index in [0.717, 1.165) is 16.8 Å². The van der Waals surface area contributed by atoms with Crippen LogP contribution in [0.1, 0.15) is 22.3 Å². The van der Waals surface area contributed by atoms with Crippen LogP contribution in [0.5, 0.6) is 5.75 Å². The predicted octanol–water partition coefficient (Wildman–Crippen LogP) is 3.02. The van der Waals surface area contributed by atoms with E-state index in [1.165, 1.54) is 29.2 Å². The summed E-state index contributed by atoms with van der Waals surface area (Å²) in [5, 5.41) is 16.1. The van der Waals surface area contributed by atoms with Gasteiger partial charge in [0.2, 0.25) is 0 Å². The molecular formula is C22H19N5O5. The lowest BCUT2D eigenvalue weighted by Crippen LogP contribution is -2.22. The first-order valence-corrected chi connectivity index (χ1v) is 9.93. The molecule has 4 aromatic rings. The monoisotopic (exact) mass is 433 g/mol. The van der Waals surface area contributed by atoms with Crippen LogP contribution in [0.4, 0.5) is 5.69 Å². The molecule has 0 amide bonds. The van der Waals surface area contributed by atoms with Crippen LogP contribution < -0.4 is 10.3 Å². The number of nitro benzene ring substituents is 1. The van der Waals surface area contributed by atoms with Crippen LogP contribution in [0.3, 0.4) is 0 Å². The topological polar surface area (TPSA) is 114 Å². The Bertz CT molecular complexity index is 1420. The Hall–Kier alpha value is -4.05. The van der Waals surface area contributed by atoms with Gasteiger partial charge in [0.1, 0.15) is 17.5 Å². The lowest BCUT2D eigenvalue weighted by molar-refractivity contribution is -0.385. The van der Waals surface area contributed by atoms with E-state index >= 15 is 0 Å². The zero-order chi connectivity index (χ0) is 22.4. The Morgan fingerprint density at radius 1 is 1.16 bits per heavy atom. The molecule has 0 saturated carbocycles. The Morgan fingerprint density at radius 2 is 1.94 bits per heavy atom. The summed E-state index contributed by atoms with van der Waals surface area (Å²) < 4.78 is 13.9. The minimum absolute atomic E-state index is 0.0483. The Labute approximate surface area is 181 Å². The maximum Gasteiger partial charge on any atom is 0.270 e. The number of hydrogen-bond acceptors (Lipinski definition) is 7. The second-order valence-corrected chi connectivity index (χ2v) is 7.78. The summed E-state index contributed by atoms with van der Waals surface area (Å²) in [6.07, 6.45) is 2.92. The molecule has 0 spiro atoms. The number of ether oxygens (including phenoxy) is 2. The van der Waals surface area contributed by atoms with Gasteiger partial charge in [-0.25, -0.2) is 9.67 Å². The van der Waals surface area contributed by atoms with Crippen LogP contribution >= 0.6 is 0 Å². The van der Waals surface area contributed by atoms with Crippen LogP contribution in [0.15, 0.2) is 47.7 Å². The van der Waals surface area contributed by atoms with Gasteiger partial charge in [0.25, 0.3) is 11.2 Å². The molecule has 0 aliphatic carbocycles. The minimum Gasteiger partial charge on any atom is -0.467 e. The first-order valence-electron chi connectivity index (χ1n) is 9.93. The third-order valence-electron chi connectivity index (χ3n) is 5.33. The second kappa shape index (κ2) is 7.57. The highest BCUT2D eigenvalue weighted by atomic mass is 16.7. The van der Waals surface area contributed by atoms with Gasteiger partial charge in [-0.1, -0.05) is 6.07 Å². The lowest BCUT2D eigenvalue weighted by Gasteiger charge is -2.20. The molecule has 5 rings (SSSR count). The Kier molecular flexibility index (Phi) is 4.71. The summed E-state index contributed by atoms with van der Waals surface area (Å²) in [6, 6.07) is 8.85. The number of benzene rings is 2. The van der Waals surface area contributed by atoms with Gasteiger partial charge >= 0.3 is 0 Å². The highest BCUT2D eigenvalue weighted by molar-refractivity contribution is 5.75. The van der Waals surface area contributed by atoms with Crippen molar-refractivity contribution >= 4 is 16.7 Å². The van der Waals surface area contributed by atoms with Crippen molar-refractivity contribution in [3.05, 3.63) is 85.6 Å². The third-order valence-corrected chi connectivity index (χ3v) is 5.33. The average molecular weight is 433 g/mol. The predicted molar refractivity (Wildman–Crippen MR) is 115 cm³/mol. The molecule has 1 aliphatic heterocycles. The van der Waals surface area contributed by atoms with E-state index in [2.05, 4.69) is 16.1 Å². The van der Waals surface area contributed by atoms with Crippen LogP contribution in [0, 0.1) is 24.0 Å². The number of nitro groups is 1. The summed E-state index contributed by atoms with van der Waals surface area (Å²) >= 11 is 0. The second-order valence-electron chi connectivity index (χ2n) is 7.78. The van der Waals surface area contributed by atoms with E-state index in [-0.39, 0.29) is 31.2 Å². The van der Waals surface area contributed by atoms with E-state index in [9.17, 15) is 14.9 Å². The van der Waals surface area contributed by atoms with Crippen molar-refractivity contribution in [2.45, 2.75) is 27.0 Å². The molecule has 2 aromatic heterocycles. The first-order chi connectivity index (χ1) is 15.4. The highest BCUT2D eigenvalue weighted by Crippen LogP contribution is 2.33. The van der Waals surface area contributed by atoms with Crippen molar-refractivity contribution in [2.75, 3.05) is 6.79 Å². The smallest absolute Gasteiger partial charge is 0.270 e. The summed E-state index contributed by atoms with van der Waals surface area (Å²) in [7, 11) is 0. The normalized spacial score (nSPS) is 13.1. The fourth-order valence-electron chi connectivity index (χ4n) is 4.01. The Balaban J connectivity index is 1.58. The summed E-state index contributed by atoms with van der Waals surface area (Å²) in [5.41, 5.74) is 4.14. The van der Waals surface area contributed by atoms with Gasteiger partial charge in [-0.05, 0) is 37.1 Å². The molecule has 3 heterocycles. The third kappa shape index (κ3) is 3.40. The molecule has 162 valence electrons. The Morgan fingerprint density at radius 3 is 2.69 bits per heavy atom.